The number of thioether (sulfide) groups is 1. The van der Waals surface area contributed by atoms with Crippen molar-refractivity contribution in [3.8, 4) is 0 Å². The molecule has 1 aromatic heterocycles. The lowest BCUT2D eigenvalue weighted by Gasteiger charge is -2.38. The van der Waals surface area contributed by atoms with Gasteiger partial charge in [-0.15, -0.1) is 5.10 Å². The quantitative estimate of drug-likeness (QED) is 0.217. The van der Waals surface area contributed by atoms with Gasteiger partial charge in [0.2, 0.25) is 5.16 Å². The maximum absolute atomic E-state index is 13.7. The minimum Gasteiger partial charge on any atom is -0.453 e. The molecule has 1 aliphatic heterocycles. The molecule has 12 nitrogen and oxygen atoms in total. The van der Waals surface area contributed by atoms with Gasteiger partial charge in [0.25, 0.3) is 0 Å². The van der Waals surface area contributed by atoms with Gasteiger partial charge in [-0.2, -0.15) is 0 Å². The molecule has 1 aliphatic carbocycles. The summed E-state index contributed by atoms with van der Waals surface area (Å²) in [6, 6.07) is 7.02. The number of aromatic nitrogens is 4. The second-order valence-corrected chi connectivity index (χ2v) is 12.8. The number of urea groups is 1. The number of nitrogens with zero attached hydrogens (tertiary/aromatic N) is 5. The SMILES string of the molecule is COC(=O)NCCO[C@@H](c1cccc(Cl)c1)[C@@H]1CCCN(C(=O)N[C@@H](CC2CCCCC2)[C@@H](O)CSc2nnnn2C)C1. The van der Waals surface area contributed by atoms with Crippen LogP contribution in [0.5, 0.6) is 0 Å². The van der Waals surface area contributed by atoms with E-state index in [1.54, 1.807) is 11.7 Å². The van der Waals surface area contributed by atoms with Crippen molar-refractivity contribution in [3.63, 3.8) is 0 Å². The molecule has 3 N–H and O–H groups in total. The Morgan fingerprint density at radius 3 is 2.74 bits per heavy atom. The van der Waals surface area contributed by atoms with Gasteiger partial charge in [-0.25, -0.2) is 14.3 Å². The number of halogens is 1. The number of methoxy groups -OCH3 is 1. The lowest BCUT2D eigenvalue weighted by molar-refractivity contribution is -0.00897. The molecule has 2 aromatic rings. The highest BCUT2D eigenvalue weighted by Crippen LogP contribution is 2.34. The number of ether oxygens (including phenoxy) is 2. The van der Waals surface area contributed by atoms with Gasteiger partial charge in [0.15, 0.2) is 0 Å². The molecule has 4 rings (SSSR count). The number of alkyl carbamates (subject to hydrolysis) is 1. The van der Waals surface area contributed by atoms with E-state index in [4.69, 9.17) is 16.3 Å². The van der Waals surface area contributed by atoms with E-state index in [1.807, 2.05) is 29.2 Å². The van der Waals surface area contributed by atoms with Gasteiger partial charge in [0.05, 0.1) is 32.0 Å². The highest BCUT2D eigenvalue weighted by Gasteiger charge is 2.34. The van der Waals surface area contributed by atoms with Crippen LogP contribution in [0.2, 0.25) is 5.02 Å². The molecule has 2 heterocycles. The summed E-state index contributed by atoms with van der Waals surface area (Å²) in [4.78, 5) is 27.0. The van der Waals surface area contributed by atoms with Gasteiger partial charge >= 0.3 is 12.1 Å². The average molecular weight is 638 g/mol. The van der Waals surface area contributed by atoms with Gasteiger partial charge in [-0.1, -0.05) is 67.6 Å². The molecule has 14 heteroatoms. The molecule has 238 valence electrons. The summed E-state index contributed by atoms with van der Waals surface area (Å²) in [7, 11) is 3.08. The molecule has 43 heavy (non-hydrogen) atoms. The number of benzene rings is 1. The van der Waals surface area contributed by atoms with Crippen LogP contribution in [0.15, 0.2) is 29.4 Å². The normalized spacial score (nSPS) is 19.8. The number of tetrazole rings is 1. The molecule has 0 spiro atoms. The standard InChI is InChI=1S/C29H44ClN7O5S/c1-36-28(33-34-35-36)43-19-25(38)24(16-20-8-4-3-5-9-20)32-27(39)37-14-7-11-22(18-37)26(21-10-6-12-23(30)17-21)42-15-13-31-29(40)41-2/h6,10,12,17,20,22,24-26,38H,3-5,7-9,11,13-16,18-19H2,1-2H3,(H,31,40)(H,32,39)/t22-,24+,25+,26+/m1/s1. The predicted molar refractivity (Wildman–Crippen MR) is 164 cm³/mol. The van der Waals surface area contributed by atoms with Crippen molar-refractivity contribution in [2.45, 2.75) is 74.8 Å². The van der Waals surface area contributed by atoms with Crippen LogP contribution >= 0.6 is 23.4 Å². The number of hydrogen-bond donors (Lipinski definition) is 3. The molecule has 2 aliphatic rings. The molecule has 0 unspecified atom stereocenters. The molecule has 2 fully saturated rings. The Morgan fingerprint density at radius 2 is 2.02 bits per heavy atom. The van der Waals surface area contributed by atoms with Crippen LogP contribution in [0.1, 0.15) is 63.0 Å². The lowest BCUT2D eigenvalue weighted by atomic mass is 9.84. The number of aryl methyl sites for hydroxylation is 1. The Kier molecular flexibility index (Phi) is 13.2. The Labute approximate surface area is 262 Å². The molecule has 3 amide bonds. The Hall–Kier alpha value is -2.61. The second kappa shape index (κ2) is 17.0. The summed E-state index contributed by atoms with van der Waals surface area (Å²) >= 11 is 7.70. The molecule has 1 saturated heterocycles. The zero-order chi connectivity index (χ0) is 30.6. The van der Waals surface area contributed by atoms with E-state index in [0.29, 0.717) is 41.5 Å². The molecular weight excluding hydrogens is 594 g/mol. The van der Waals surface area contributed by atoms with Gasteiger partial charge in [0, 0.05) is 43.4 Å². The highest BCUT2D eigenvalue weighted by molar-refractivity contribution is 7.99. The van der Waals surface area contributed by atoms with Crippen LogP contribution in [-0.4, -0.2) is 93.6 Å². The van der Waals surface area contributed by atoms with Crippen LogP contribution in [0, 0.1) is 11.8 Å². The van der Waals surface area contributed by atoms with E-state index in [-0.39, 0.29) is 30.7 Å². The summed E-state index contributed by atoms with van der Waals surface area (Å²) in [5, 5.41) is 29.9. The summed E-state index contributed by atoms with van der Waals surface area (Å²) in [6.07, 6.45) is 6.73. The minimum atomic E-state index is -0.752. The number of carbonyl (C=O) groups excluding carboxylic acids is 2. The van der Waals surface area contributed by atoms with Gasteiger partial charge in [-0.3, -0.25) is 0 Å². The number of carbonyl (C=O) groups is 2. The van der Waals surface area contributed by atoms with E-state index < -0.39 is 12.2 Å². The van der Waals surface area contributed by atoms with Crippen LogP contribution < -0.4 is 10.6 Å². The minimum absolute atomic E-state index is 0.0248. The van der Waals surface area contributed by atoms with E-state index in [2.05, 4.69) is 30.9 Å². The first-order valence-corrected chi connectivity index (χ1v) is 16.5. The maximum atomic E-state index is 13.7. The van der Waals surface area contributed by atoms with Crippen molar-refractivity contribution in [1.29, 1.82) is 0 Å². The third-order valence-electron chi connectivity index (χ3n) is 8.25. The number of piperidine rings is 1. The Balaban J connectivity index is 1.41. The van der Waals surface area contributed by atoms with Crippen molar-refractivity contribution in [1.82, 2.24) is 35.7 Å². The van der Waals surface area contributed by atoms with Crippen molar-refractivity contribution < 1.29 is 24.2 Å². The Bertz CT molecular complexity index is 1170. The van der Waals surface area contributed by atoms with Crippen molar-refractivity contribution in [2.24, 2.45) is 18.9 Å². The summed E-state index contributed by atoms with van der Waals surface area (Å²) < 4.78 is 12.5. The number of aliphatic hydroxyl groups is 1. The number of rotatable bonds is 13. The third-order valence-corrected chi connectivity index (χ3v) is 9.60. The van der Waals surface area contributed by atoms with Crippen molar-refractivity contribution in [3.05, 3.63) is 34.9 Å². The Morgan fingerprint density at radius 1 is 1.21 bits per heavy atom. The third kappa shape index (κ3) is 10.2. The average Bonchev–Trinajstić information content (AvgIpc) is 3.44. The van der Waals surface area contributed by atoms with Crippen molar-refractivity contribution >= 4 is 35.5 Å². The number of nitrogens with one attached hydrogen (secondary N) is 2. The fourth-order valence-corrected chi connectivity index (χ4v) is 7.07. The highest BCUT2D eigenvalue weighted by atomic mass is 35.5. The second-order valence-electron chi connectivity index (χ2n) is 11.4. The largest absolute Gasteiger partial charge is 0.453 e. The molecule has 0 radical (unpaired) electrons. The molecule has 1 aromatic carbocycles. The first-order chi connectivity index (χ1) is 20.8. The number of hydrogen-bond acceptors (Lipinski definition) is 9. The summed E-state index contributed by atoms with van der Waals surface area (Å²) in [6.45, 7) is 1.70. The van der Waals surface area contributed by atoms with E-state index in [9.17, 15) is 14.7 Å². The molecule has 4 atom stereocenters. The van der Waals surface area contributed by atoms with Crippen LogP contribution in [0.25, 0.3) is 0 Å². The zero-order valence-corrected chi connectivity index (χ0v) is 26.6. The summed E-state index contributed by atoms with van der Waals surface area (Å²) in [5.74, 6) is 0.874. The summed E-state index contributed by atoms with van der Waals surface area (Å²) in [5.41, 5.74) is 0.929. The zero-order valence-electron chi connectivity index (χ0n) is 25.0. The van der Waals surface area contributed by atoms with Gasteiger partial charge in [-0.05, 0) is 53.3 Å². The number of aliphatic hydroxyl groups excluding tert-OH is 1. The lowest BCUT2D eigenvalue weighted by Crippen LogP contribution is -2.53. The smallest absolute Gasteiger partial charge is 0.406 e. The van der Waals surface area contributed by atoms with Crippen LogP contribution in [0.3, 0.4) is 0 Å². The predicted octanol–water partition coefficient (Wildman–Crippen LogP) is 4.19. The van der Waals surface area contributed by atoms with Crippen LogP contribution in [-0.2, 0) is 16.5 Å². The fraction of sp³-hybridized carbons (Fsp3) is 0.690. The molecule has 0 bridgehead atoms. The molecular formula is C29H44ClN7O5S. The topological polar surface area (TPSA) is 144 Å². The number of amides is 3. The molecule has 1 saturated carbocycles. The van der Waals surface area contributed by atoms with E-state index in [0.717, 1.165) is 37.7 Å². The van der Waals surface area contributed by atoms with Gasteiger partial charge in [0.1, 0.15) is 0 Å². The first kappa shape index (κ1) is 33.3. The van der Waals surface area contributed by atoms with Crippen LogP contribution in [0.4, 0.5) is 9.59 Å². The fourth-order valence-electron chi connectivity index (χ4n) is 6.00. The van der Waals surface area contributed by atoms with E-state index in [1.165, 1.54) is 38.1 Å². The van der Waals surface area contributed by atoms with Gasteiger partial charge < -0.3 is 30.1 Å². The monoisotopic (exact) mass is 637 g/mol. The maximum Gasteiger partial charge on any atom is 0.406 e. The van der Waals surface area contributed by atoms with E-state index >= 15 is 0 Å². The first-order valence-electron chi connectivity index (χ1n) is 15.1. The van der Waals surface area contributed by atoms with Crippen molar-refractivity contribution in [2.75, 3.05) is 39.1 Å². The number of likely N-dealkylation sites (tertiary alicyclic amines) is 1.